The highest BCUT2D eigenvalue weighted by atomic mass is 16.5. The van der Waals surface area contributed by atoms with Crippen LogP contribution in [0.1, 0.15) is 12.5 Å². The predicted octanol–water partition coefficient (Wildman–Crippen LogP) is 1.77. The Hall–Kier alpha value is -3.09. The fourth-order valence-electron chi connectivity index (χ4n) is 2.28. The Labute approximate surface area is 146 Å². The highest BCUT2D eigenvalue weighted by Crippen LogP contribution is 2.32. The maximum absolute atomic E-state index is 12.3. The summed E-state index contributed by atoms with van der Waals surface area (Å²) in [6, 6.07) is 8.74. The molecule has 7 nitrogen and oxygen atoms in total. The van der Waals surface area contributed by atoms with Crippen molar-refractivity contribution in [3.05, 3.63) is 48.3 Å². The Morgan fingerprint density at radius 3 is 2.60 bits per heavy atom. The van der Waals surface area contributed by atoms with E-state index in [1.54, 1.807) is 36.7 Å². The van der Waals surface area contributed by atoms with Gasteiger partial charge in [0.05, 0.1) is 19.9 Å². The number of hydrogen-bond acceptors (Lipinski definition) is 5. The number of anilines is 1. The molecular formula is C18H21N3O4. The number of benzene rings is 1. The number of ether oxygens (including phenoxy) is 2. The molecule has 1 aromatic heterocycles. The number of methoxy groups -OCH3 is 2. The maximum atomic E-state index is 12.3. The monoisotopic (exact) mass is 343 g/mol. The molecule has 0 saturated heterocycles. The lowest BCUT2D eigenvalue weighted by molar-refractivity contribution is -0.123. The molecule has 1 aromatic carbocycles. The molecular weight excluding hydrogens is 322 g/mol. The van der Waals surface area contributed by atoms with E-state index in [0.29, 0.717) is 23.7 Å². The van der Waals surface area contributed by atoms with Crippen LogP contribution in [0.5, 0.6) is 11.5 Å². The van der Waals surface area contributed by atoms with E-state index in [1.165, 1.54) is 26.0 Å². The molecule has 0 radical (unpaired) electrons. The first kappa shape index (κ1) is 18.3. The number of nitrogens with zero attached hydrogens (tertiary/aromatic N) is 2. The van der Waals surface area contributed by atoms with Crippen LogP contribution >= 0.6 is 0 Å². The van der Waals surface area contributed by atoms with Crippen LogP contribution in [-0.4, -0.2) is 37.6 Å². The third-order valence-corrected chi connectivity index (χ3v) is 3.57. The molecule has 7 heteroatoms. The van der Waals surface area contributed by atoms with E-state index in [4.69, 9.17) is 9.47 Å². The summed E-state index contributed by atoms with van der Waals surface area (Å²) in [7, 11) is 3.04. The van der Waals surface area contributed by atoms with Crippen molar-refractivity contribution in [2.75, 3.05) is 25.7 Å². The normalized spacial score (nSPS) is 10.0. The number of nitrogens with one attached hydrogen (secondary N) is 1. The van der Waals surface area contributed by atoms with Gasteiger partial charge in [-0.15, -0.1) is 0 Å². The molecule has 0 fully saturated rings. The number of hydrogen-bond donors (Lipinski definition) is 1. The minimum atomic E-state index is -0.288. The summed E-state index contributed by atoms with van der Waals surface area (Å²) >= 11 is 0. The van der Waals surface area contributed by atoms with Crippen molar-refractivity contribution in [2.45, 2.75) is 13.5 Å². The van der Waals surface area contributed by atoms with Gasteiger partial charge in [-0.05, 0) is 23.8 Å². The number of carbonyl (C=O) groups is 2. The molecule has 25 heavy (non-hydrogen) atoms. The van der Waals surface area contributed by atoms with Gasteiger partial charge >= 0.3 is 0 Å². The van der Waals surface area contributed by atoms with E-state index >= 15 is 0 Å². The second-order valence-electron chi connectivity index (χ2n) is 5.28. The van der Waals surface area contributed by atoms with Gasteiger partial charge in [-0.2, -0.15) is 0 Å². The van der Waals surface area contributed by atoms with Crippen molar-refractivity contribution in [1.29, 1.82) is 0 Å². The van der Waals surface area contributed by atoms with Crippen molar-refractivity contribution in [3.63, 3.8) is 0 Å². The molecule has 132 valence electrons. The molecule has 0 aliphatic heterocycles. The van der Waals surface area contributed by atoms with Crippen LogP contribution in [0.4, 0.5) is 5.69 Å². The van der Waals surface area contributed by atoms with E-state index in [1.807, 2.05) is 6.07 Å². The van der Waals surface area contributed by atoms with Crippen molar-refractivity contribution >= 4 is 17.5 Å². The van der Waals surface area contributed by atoms with Crippen LogP contribution in [-0.2, 0) is 16.1 Å². The first-order valence-corrected chi connectivity index (χ1v) is 7.71. The van der Waals surface area contributed by atoms with Gasteiger partial charge in [-0.1, -0.05) is 6.07 Å². The number of rotatable bonds is 7. The van der Waals surface area contributed by atoms with Gasteiger partial charge in [0.1, 0.15) is 18.0 Å². The fourth-order valence-corrected chi connectivity index (χ4v) is 2.28. The van der Waals surface area contributed by atoms with Crippen molar-refractivity contribution in [2.24, 2.45) is 0 Å². The highest BCUT2D eigenvalue weighted by molar-refractivity contribution is 5.98. The van der Waals surface area contributed by atoms with E-state index in [-0.39, 0.29) is 18.4 Å². The smallest absolute Gasteiger partial charge is 0.240 e. The van der Waals surface area contributed by atoms with Gasteiger partial charge < -0.3 is 14.8 Å². The molecule has 0 aliphatic rings. The van der Waals surface area contributed by atoms with Crippen LogP contribution in [0.2, 0.25) is 0 Å². The van der Waals surface area contributed by atoms with Crippen molar-refractivity contribution in [3.8, 4) is 11.5 Å². The first-order valence-electron chi connectivity index (χ1n) is 7.71. The molecule has 0 spiro atoms. The lowest BCUT2D eigenvalue weighted by Crippen LogP contribution is -2.39. The third kappa shape index (κ3) is 4.94. The fraction of sp³-hybridized carbons (Fsp3) is 0.278. The molecule has 0 atom stereocenters. The van der Waals surface area contributed by atoms with Gasteiger partial charge in [-0.3, -0.25) is 19.5 Å². The topological polar surface area (TPSA) is 80.8 Å². The lowest BCUT2D eigenvalue weighted by atomic mass is 10.2. The summed E-state index contributed by atoms with van der Waals surface area (Å²) in [4.78, 5) is 29.7. The predicted molar refractivity (Wildman–Crippen MR) is 93.7 cm³/mol. The van der Waals surface area contributed by atoms with E-state index in [9.17, 15) is 9.59 Å². The first-order chi connectivity index (χ1) is 12.0. The number of aromatic nitrogens is 1. The minimum absolute atomic E-state index is 0.126. The summed E-state index contributed by atoms with van der Waals surface area (Å²) in [5.41, 5.74) is 1.36. The molecule has 2 amide bonds. The van der Waals surface area contributed by atoms with Crippen molar-refractivity contribution in [1.82, 2.24) is 10.3 Å². The van der Waals surface area contributed by atoms with Crippen LogP contribution in [0.15, 0.2) is 42.7 Å². The van der Waals surface area contributed by atoms with Crippen LogP contribution in [0.25, 0.3) is 0 Å². The lowest BCUT2D eigenvalue weighted by Gasteiger charge is -2.23. The van der Waals surface area contributed by atoms with Gasteiger partial charge in [0.2, 0.25) is 11.8 Å². The zero-order valence-electron chi connectivity index (χ0n) is 14.5. The quantitative estimate of drug-likeness (QED) is 0.829. The van der Waals surface area contributed by atoms with Crippen LogP contribution in [0.3, 0.4) is 0 Å². The Bertz CT molecular complexity index is 734. The Morgan fingerprint density at radius 2 is 2.00 bits per heavy atom. The summed E-state index contributed by atoms with van der Waals surface area (Å²) in [6.45, 7) is 1.61. The average molecular weight is 343 g/mol. The molecule has 0 unspecified atom stereocenters. The third-order valence-electron chi connectivity index (χ3n) is 3.57. The van der Waals surface area contributed by atoms with Crippen molar-refractivity contribution < 1.29 is 19.1 Å². The second-order valence-corrected chi connectivity index (χ2v) is 5.28. The number of amides is 2. The second kappa shape index (κ2) is 8.68. The van der Waals surface area contributed by atoms with Crippen LogP contribution < -0.4 is 19.7 Å². The zero-order chi connectivity index (χ0) is 18.2. The zero-order valence-corrected chi connectivity index (χ0v) is 14.5. The van der Waals surface area contributed by atoms with Gasteiger partial charge in [0, 0.05) is 31.9 Å². The number of carbonyl (C=O) groups excluding carboxylic acids is 2. The maximum Gasteiger partial charge on any atom is 0.240 e. The Morgan fingerprint density at radius 1 is 1.20 bits per heavy atom. The molecule has 2 rings (SSSR count). The average Bonchev–Trinajstić information content (AvgIpc) is 2.64. The van der Waals surface area contributed by atoms with Crippen LogP contribution in [0, 0.1) is 0 Å². The molecule has 0 saturated carbocycles. The van der Waals surface area contributed by atoms with E-state index in [0.717, 1.165) is 5.56 Å². The van der Waals surface area contributed by atoms with Gasteiger partial charge in [0.25, 0.3) is 0 Å². The summed E-state index contributed by atoms with van der Waals surface area (Å²) in [5.74, 6) is 0.487. The van der Waals surface area contributed by atoms with E-state index in [2.05, 4.69) is 10.3 Å². The molecule has 2 aromatic rings. The summed E-state index contributed by atoms with van der Waals surface area (Å²) in [6.07, 6.45) is 3.34. The SMILES string of the molecule is COc1ccc(OC)c(N(CC(=O)NCc2cccnc2)C(C)=O)c1. The molecule has 0 aliphatic carbocycles. The Kier molecular flexibility index (Phi) is 6.33. The Balaban J connectivity index is 2.13. The van der Waals surface area contributed by atoms with Gasteiger partial charge in [-0.25, -0.2) is 0 Å². The highest BCUT2D eigenvalue weighted by Gasteiger charge is 2.20. The van der Waals surface area contributed by atoms with Gasteiger partial charge in [0.15, 0.2) is 0 Å². The molecule has 0 bridgehead atoms. The summed E-state index contributed by atoms with van der Waals surface area (Å²) < 4.78 is 10.5. The number of pyridine rings is 1. The standard InChI is InChI=1S/C18H21N3O4/c1-13(22)21(16-9-15(24-2)6-7-17(16)25-3)12-18(23)20-11-14-5-4-8-19-10-14/h4-10H,11-12H2,1-3H3,(H,20,23). The molecule has 1 heterocycles. The molecule has 1 N–H and O–H groups in total. The largest absolute Gasteiger partial charge is 0.497 e. The minimum Gasteiger partial charge on any atom is -0.497 e. The summed E-state index contributed by atoms with van der Waals surface area (Å²) in [5, 5.41) is 2.78. The van der Waals surface area contributed by atoms with E-state index < -0.39 is 0 Å².